The Balaban J connectivity index is 1.62. The van der Waals surface area contributed by atoms with Crippen molar-refractivity contribution in [2.45, 2.75) is 83.6 Å². The molecule has 0 aliphatic carbocycles. The molecule has 0 saturated heterocycles. The molecule has 2 aromatic rings. The Labute approximate surface area is 190 Å². The van der Waals surface area contributed by atoms with Gasteiger partial charge in [0, 0.05) is 20.0 Å². The average Bonchev–Trinajstić information content (AvgIpc) is 2.80. The number of carbonyl (C=O) groups is 1. The standard InChI is InChI=1S/C28H42N2O/c1-30(28(31)22-12-7-15-23-29)24-27-21-14-13-20-26(27)19-11-5-3-2-4-8-16-25-17-9-6-10-18-25/h6,9-10,13-14,17-18,20-21H,2-5,7-8,11-12,15-16,19,22-24,29H2,1H3. The van der Waals surface area contributed by atoms with Crippen molar-refractivity contribution >= 4 is 5.91 Å². The molecule has 0 atom stereocenters. The summed E-state index contributed by atoms with van der Waals surface area (Å²) < 4.78 is 0. The lowest BCUT2D eigenvalue weighted by atomic mass is 9.99. The van der Waals surface area contributed by atoms with Crippen molar-refractivity contribution in [3.05, 3.63) is 71.3 Å². The highest BCUT2D eigenvalue weighted by molar-refractivity contribution is 5.75. The van der Waals surface area contributed by atoms with Crippen LogP contribution in [0.2, 0.25) is 0 Å². The van der Waals surface area contributed by atoms with E-state index in [1.54, 1.807) is 0 Å². The van der Waals surface area contributed by atoms with Gasteiger partial charge in [-0.05, 0) is 61.8 Å². The summed E-state index contributed by atoms with van der Waals surface area (Å²) in [4.78, 5) is 14.3. The average molecular weight is 423 g/mol. The van der Waals surface area contributed by atoms with Crippen LogP contribution in [-0.4, -0.2) is 24.4 Å². The van der Waals surface area contributed by atoms with Crippen molar-refractivity contribution in [3.8, 4) is 0 Å². The van der Waals surface area contributed by atoms with E-state index >= 15 is 0 Å². The maximum absolute atomic E-state index is 12.4. The van der Waals surface area contributed by atoms with Gasteiger partial charge in [0.25, 0.3) is 0 Å². The number of hydrogen-bond donors (Lipinski definition) is 1. The van der Waals surface area contributed by atoms with Gasteiger partial charge in [0.2, 0.25) is 5.91 Å². The number of carbonyl (C=O) groups excluding carboxylic acids is 1. The third-order valence-corrected chi connectivity index (χ3v) is 6.05. The van der Waals surface area contributed by atoms with Crippen LogP contribution < -0.4 is 5.73 Å². The van der Waals surface area contributed by atoms with Gasteiger partial charge < -0.3 is 10.6 Å². The summed E-state index contributed by atoms with van der Waals surface area (Å²) in [5, 5.41) is 0. The molecule has 2 N–H and O–H groups in total. The number of unbranched alkanes of at least 4 members (excludes halogenated alkanes) is 7. The van der Waals surface area contributed by atoms with E-state index in [1.807, 2.05) is 11.9 Å². The number of aryl methyl sites for hydroxylation is 2. The molecule has 0 saturated carbocycles. The number of nitrogens with two attached hydrogens (primary N) is 1. The van der Waals surface area contributed by atoms with Gasteiger partial charge in [0.15, 0.2) is 0 Å². The first kappa shape index (κ1) is 25.1. The third-order valence-electron chi connectivity index (χ3n) is 6.05. The van der Waals surface area contributed by atoms with E-state index in [2.05, 4.69) is 54.6 Å². The Morgan fingerprint density at radius 3 is 2.00 bits per heavy atom. The monoisotopic (exact) mass is 422 g/mol. The fourth-order valence-electron chi connectivity index (χ4n) is 4.08. The molecule has 1 amide bonds. The van der Waals surface area contributed by atoms with Crippen LogP contribution in [0.15, 0.2) is 54.6 Å². The highest BCUT2D eigenvalue weighted by atomic mass is 16.2. The van der Waals surface area contributed by atoms with Crippen molar-refractivity contribution in [1.82, 2.24) is 4.90 Å². The minimum absolute atomic E-state index is 0.238. The molecule has 0 unspecified atom stereocenters. The fraction of sp³-hybridized carbons (Fsp3) is 0.536. The van der Waals surface area contributed by atoms with E-state index < -0.39 is 0 Å². The highest BCUT2D eigenvalue weighted by Crippen LogP contribution is 2.17. The molecule has 2 aromatic carbocycles. The molecule has 0 aromatic heterocycles. The van der Waals surface area contributed by atoms with Crippen LogP contribution in [0.1, 0.15) is 80.9 Å². The van der Waals surface area contributed by atoms with E-state index in [1.165, 1.54) is 61.6 Å². The third kappa shape index (κ3) is 10.6. The lowest BCUT2D eigenvalue weighted by Crippen LogP contribution is -2.26. The molecule has 3 nitrogen and oxygen atoms in total. The van der Waals surface area contributed by atoms with E-state index in [9.17, 15) is 4.79 Å². The van der Waals surface area contributed by atoms with Gasteiger partial charge in [0.1, 0.15) is 0 Å². The highest BCUT2D eigenvalue weighted by Gasteiger charge is 2.11. The van der Waals surface area contributed by atoms with Crippen LogP contribution in [-0.2, 0) is 24.2 Å². The Morgan fingerprint density at radius 2 is 1.29 bits per heavy atom. The summed E-state index contributed by atoms with van der Waals surface area (Å²) >= 11 is 0. The van der Waals surface area contributed by atoms with Gasteiger partial charge in [-0.2, -0.15) is 0 Å². The maximum Gasteiger partial charge on any atom is 0.222 e. The zero-order valence-electron chi connectivity index (χ0n) is 19.5. The molecule has 0 heterocycles. The number of benzene rings is 2. The maximum atomic E-state index is 12.4. The van der Waals surface area contributed by atoms with Crippen molar-refractivity contribution < 1.29 is 4.79 Å². The molecule has 3 heteroatoms. The van der Waals surface area contributed by atoms with Crippen LogP contribution in [0.4, 0.5) is 0 Å². The van der Waals surface area contributed by atoms with Crippen molar-refractivity contribution in [3.63, 3.8) is 0 Å². The Hall–Kier alpha value is -2.13. The van der Waals surface area contributed by atoms with Gasteiger partial charge in [-0.15, -0.1) is 0 Å². The molecule has 0 bridgehead atoms. The number of amides is 1. The van der Waals surface area contributed by atoms with Crippen LogP contribution in [0.3, 0.4) is 0 Å². The molecule has 31 heavy (non-hydrogen) atoms. The van der Waals surface area contributed by atoms with E-state index in [-0.39, 0.29) is 5.91 Å². The molecular weight excluding hydrogens is 380 g/mol. The molecule has 0 spiro atoms. The number of rotatable bonds is 16. The first-order valence-electron chi connectivity index (χ1n) is 12.3. The molecule has 0 radical (unpaired) electrons. The number of hydrogen-bond acceptors (Lipinski definition) is 2. The molecule has 0 fully saturated rings. The topological polar surface area (TPSA) is 46.3 Å². The molecule has 0 aliphatic rings. The second-order valence-electron chi connectivity index (χ2n) is 8.72. The number of nitrogens with zero attached hydrogens (tertiary/aromatic N) is 1. The first-order chi connectivity index (χ1) is 15.2. The van der Waals surface area contributed by atoms with Gasteiger partial charge in [-0.1, -0.05) is 86.7 Å². The predicted molar refractivity (Wildman–Crippen MR) is 132 cm³/mol. The van der Waals surface area contributed by atoms with Gasteiger partial charge in [-0.3, -0.25) is 4.79 Å². The Bertz CT molecular complexity index is 729. The molecule has 2 rings (SSSR count). The Morgan fingerprint density at radius 1 is 0.710 bits per heavy atom. The van der Waals surface area contributed by atoms with Gasteiger partial charge in [-0.25, -0.2) is 0 Å². The van der Waals surface area contributed by atoms with Crippen molar-refractivity contribution in [2.24, 2.45) is 5.73 Å². The van der Waals surface area contributed by atoms with Crippen LogP contribution in [0, 0.1) is 0 Å². The predicted octanol–water partition coefficient (Wildman–Crippen LogP) is 6.29. The second-order valence-corrected chi connectivity index (χ2v) is 8.72. The molecule has 170 valence electrons. The quantitative estimate of drug-likeness (QED) is 0.323. The summed E-state index contributed by atoms with van der Waals surface area (Å²) in [6.07, 6.45) is 13.7. The largest absolute Gasteiger partial charge is 0.341 e. The summed E-state index contributed by atoms with van der Waals surface area (Å²) in [5.41, 5.74) is 9.68. The minimum Gasteiger partial charge on any atom is -0.341 e. The summed E-state index contributed by atoms with van der Waals surface area (Å²) in [6.45, 7) is 1.43. The summed E-state index contributed by atoms with van der Waals surface area (Å²) in [7, 11) is 1.93. The van der Waals surface area contributed by atoms with Crippen LogP contribution >= 0.6 is 0 Å². The lowest BCUT2D eigenvalue weighted by molar-refractivity contribution is -0.130. The van der Waals surface area contributed by atoms with E-state index in [0.29, 0.717) is 19.5 Å². The summed E-state index contributed by atoms with van der Waals surface area (Å²) in [5.74, 6) is 0.238. The zero-order valence-corrected chi connectivity index (χ0v) is 19.5. The van der Waals surface area contributed by atoms with Crippen molar-refractivity contribution in [2.75, 3.05) is 13.6 Å². The van der Waals surface area contributed by atoms with E-state index in [0.717, 1.165) is 25.7 Å². The van der Waals surface area contributed by atoms with Crippen molar-refractivity contribution in [1.29, 1.82) is 0 Å². The lowest BCUT2D eigenvalue weighted by Gasteiger charge is -2.19. The van der Waals surface area contributed by atoms with Crippen LogP contribution in [0.25, 0.3) is 0 Å². The SMILES string of the molecule is CN(Cc1ccccc1CCCCCCCCc1ccccc1)C(=O)CCCCCN. The summed E-state index contributed by atoms with van der Waals surface area (Å²) in [6, 6.07) is 19.4. The second kappa shape index (κ2) is 15.6. The molecule has 0 aliphatic heterocycles. The first-order valence-corrected chi connectivity index (χ1v) is 12.3. The molecular formula is C28H42N2O. The Kier molecular flexibility index (Phi) is 12.7. The zero-order chi connectivity index (χ0) is 22.2. The fourth-order valence-corrected chi connectivity index (χ4v) is 4.08. The van der Waals surface area contributed by atoms with Gasteiger partial charge >= 0.3 is 0 Å². The minimum atomic E-state index is 0.238. The smallest absolute Gasteiger partial charge is 0.222 e. The van der Waals surface area contributed by atoms with Gasteiger partial charge in [0.05, 0.1) is 0 Å². The van der Waals surface area contributed by atoms with E-state index in [4.69, 9.17) is 5.73 Å². The normalized spacial score (nSPS) is 10.9. The van der Waals surface area contributed by atoms with Crippen LogP contribution in [0.5, 0.6) is 0 Å².